The number of carbonyl (C=O) groups excluding carboxylic acids is 2. The van der Waals surface area contributed by atoms with Gasteiger partial charge in [-0.2, -0.15) is 0 Å². The Bertz CT molecular complexity index is 1220. The summed E-state index contributed by atoms with van der Waals surface area (Å²) in [5.74, 6) is -4.56. The molecule has 1 fully saturated rings. The number of hydrogen-bond acceptors (Lipinski definition) is 11. The van der Waals surface area contributed by atoms with E-state index in [1.165, 1.54) is 12.2 Å². The average molecular weight is 662 g/mol. The van der Waals surface area contributed by atoms with Crippen LogP contribution < -0.4 is 4.74 Å². The van der Waals surface area contributed by atoms with Crippen LogP contribution in [0.15, 0.2) is 36.4 Å². The maximum absolute atomic E-state index is 11.8. The molecule has 4 N–H and O–H groups in total. The first-order chi connectivity index (χ1) is 22.4. The number of aliphatic carboxylic acids is 4. The maximum atomic E-state index is 11.8. The molecule has 1 aromatic carbocycles. The smallest absolute Gasteiger partial charge is 0.317 e. The predicted octanol–water partition coefficient (Wildman–Crippen LogP) is -0.901. The summed E-state index contributed by atoms with van der Waals surface area (Å²) < 4.78 is 5.77. The molecule has 0 aliphatic carbocycles. The number of benzene rings is 1. The van der Waals surface area contributed by atoms with Crippen LogP contribution in [-0.2, 0) is 35.2 Å². The van der Waals surface area contributed by atoms with Gasteiger partial charge in [0.15, 0.2) is 0 Å². The van der Waals surface area contributed by atoms with Gasteiger partial charge in [0.2, 0.25) is 0 Å². The van der Waals surface area contributed by atoms with E-state index >= 15 is 0 Å². The van der Waals surface area contributed by atoms with Crippen molar-refractivity contribution in [1.82, 2.24) is 24.5 Å². The third-order valence-electron chi connectivity index (χ3n) is 7.81. The molecule has 2 aliphatic heterocycles. The first-order valence-electron chi connectivity index (χ1n) is 15.4. The Labute approximate surface area is 272 Å². The van der Waals surface area contributed by atoms with E-state index in [-0.39, 0.29) is 96.3 Å². The summed E-state index contributed by atoms with van der Waals surface area (Å²) in [5, 5.41) is 38.1. The van der Waals surface area contributed by atoms with Gasteiger partial charge in [-0.1, -0.05) is 12.1 Å². The number of rotatable bonds is 15. The number of nitrogens with zero attached hydrogens (tertiary/aromatic N) is 5. The summed E-state index contributed by atoms with van der Waals surface area (Å²) in [5.41, 5.74) is 0.900. The summed E-state index contributed by atoms with van der Waals surface area (Å²) in [6.07, 6.45) is 3.39. The van der Waals surface area contributed by atoms with Crippen molar-refractivity contribution < 1.29 is 53.9 Å². The lowest BCUT2D eigenvalue weighted by molar-refractivity contribution is -0.140. The van der Waals surface area contributed by atoms with Gasteiger partial charge in [-0.25, -0.2) is 0 Å². The summed E-state index contributed by atoms with van der Waals surface area (Å²) >= 11 is 0. The number of amides is 2. The number of carboxylic acids is 4. The molecular weight excluding hydrogens is 618 g/mol. The Kier molecular flexibility index (Phi) is 14.7. The minimum Gasteiger partial charge on any atom is -0.494 e. The van der Waals surface area contributed by atoms with E-state index in [4.69, 9.17) is 4.74 Å². The van der Waals surface area contributed by atoms with Crippen LogP contribution in [0.2, 0.25) is 0 Å². The topological polar surface area (TPSA) is 209 Å². The normalized spacial score (nSPS) is 18.4. The lowest BCUT2D eigenvalue weighted by Gasteiger charge is -2.31. The standard InChI is InChI=1S/C31H43N5O11/c37-26-6-7-27(38)36(26)8-1-15-47-25-4-2-23(3-5-25)16-24-17-34(21-30(43)44)13-11-32(19-28(39)40)9-10-33(20-29(41)42)12-14-35(18-24)22-31(45)46/h2-7,24H,1,8-22H2,(H,39,40)(H,41,42)(H,43,44)(H,45,46). The minimum atomic E-state index is -1.06. The molecular formula is C31H43N5O11. The second-order valence-electron chi connectivity index (χ2n) is 11.7. The Morgan fingerprint density at radius 2 is 1.04 bits per heavy atom. The van der Waals surface area contributed by atoms with Gasteiger partial charge < -0.3 is 25.2 Å². The molecule has 0 bridgehead atoms. The molecule has 1 aromatic rings. The summed E-state index contributed by atoms with van der Waals surface area (Å²) in [6.45, 7) is 1.39. The molecule has 0 saturated carbocycles. The second kappa shape index (κ2) is 18.7. The van der Waals surface area contributed by atoms with Crippen molar-refractivity contribution >= 4 is 35.7 Å². The van der Waals surface area contributed by atoms with Crippen LogP contribution in [0.5, 0.6) is 5.75 Å². The van der Waals surface area contributed by atoms with E-state index in [0.717, 1.165) is 10.5 Å². The molecule has 0 aromatic heterocycles. The zero-order valence-corrected chi connectivity index (χ0v) is 26.2. The molecule has 16 heteroatoms. The van der Waals surface area contributed by atoms with Crippen LogP contribution in [-0.4, -0.2) is 172 Å². The SMILES string of the molecule is O=C(O)CN1CCN(CC(=O)O)CCN(CC(=O)O)CC(Cc2ccc(OCCCN3C(=O)C=CC3=O)cc2)CN(CC(=O)O)CC1. The quantitative estimate of drug-likeness (QED) is 0.133. The van der Waals surface area contributed by atoms with Gasteiger partial charge in [0.25, 0.3) is 11.8 Å². The monoisotopic (exact) mass is 661 g/mol. The van der Waals surface area contributed by atoms with Crippen LogP contribution in [0, 0.1) is 5.92 Å². The predicted molar refractivity (Wildman–Crippen MR) is 166 cm³/mol. The van der Waals surface area contributed by atoms with Gasteiger partial charge in [0, 0.05) is 71.1 Å². The number of carboxylic acid groups (broad SMARTS) is 4. The highest BCUT2D eigenvalue weighted by atomic mass is 16.5. The van der Waals surface area contributed by atoms with Gasteiger partial charge >= 0.3 is 23.9 Å². The Morgan fingerprint density at radius 1 is 0.638 bits per heavy atom. The van der Waals surface area contributed by atoms with Crippen molar-refractivity contribution in [3.8, 4) is 5.75 Å². The minimum absolute atomic E-state index is 0.230. The van der Waals surface area contributed by atoms with Crippen LogP contribution in [0.3, 0.4) is 0 Å². The number of carbonyl (C=O) groups is 6. The molecule has 1 saturated heterocycles. The number of ether oxygens (including phenoxy) is 1. The van der Waals surface area contributed by atoms with Crippen LogP contribution in [0.1, 0.15) is 12.0 Å². The zero-order valence-electron chi connectivity index (χ0n) is 26.2. The highest BCUT2D eigenvalue weighted by Crippen LogP contribution is 2.18. The fraction of sp³-hybridized carbons (Fsp3) is 0.548. The molecule has 0 radical (unpaired) electrons. The summed E-state index contributed by atoms with van der Waals surface area (Å²) in [7, 11) is 0. The van der Waals surface area contributed by atoms with Crippen molar-refractivity contribution in [2.45, 2.75) is 12.8 Å². The van der Waals surface area contributed by atoms with E-state index in [0.29, 0.717) is 31.7 Å². The van der Waals surface area contributed by atoms with Gasteiger partial charge in [0.1, 0.15) is 5.75 Å². The van der Waals surface area contributed by atoms with E-state index < -0.39 is 23.9 Å². The van der Waals surface area contributed by atoms with Crippen molar-refractivity contribution in [2.24, 2.45) is 5.92 Å². The first kappa shape index (κ1) is 37.1. The molecule has 3 rings (SSSR count). The molecule has 0 atom stereocenters. The third kappa shape index (κ3) is 13.9. The summed E-state index contributed by atoms with van der Waals surface area (Å²) in [6, 6.07) is 7.28. The molecule has 0 unspecified atom stereocenters. The largest absolute Gasteiger partial charge is 0.494 e. The van der Waals surface area contributed by atoms with Crippen LogP contribution in [0.4, 0.5) is 0 Å². The van der Waals surface area contributed by atoms with Crippen LogP contribution >= 0.6 is 0 Å². The van der Waals surface area contributed by atoms with E-state index in [2.05, 4.69) is 0 Å². The third-order valence-corrected chi connectivity index (χ3v) is 7.81. The number of hydrogen-bond donors (Lipinski definition) is 4. The number of imide groups is 1. The molecule has 47 heavy (non-hydrogen) atoms. The van der Waals surface area contributed by atoms with E-state index in [9.17, 15) is 49.2 Å². The van der Waals surface area contributed by atoms with Crippen molar-refractivity contribution in [2.75, 3.05) is 91.7 Å². The molecule has 2 amide bonds. The second-order valence-corrected chi connectivity index (χ2v) is 11.7. The lowest BCUT2D eigenvalue weighted by Crippen LogP contribution is -2.44. The Hall–Kier alpha value is -4.38. The Morgan fingerprint density at radius 3 is 1.47 bits per heavy atom. The van der Waals surface area contributed by atoms with Crippen molar-refractivity contribution in [3.05, 3.63) is 42.0 Å². The molecule has 2 heterocycles. The van der Waals surface area contributed by atoms with Gasteiger partial charge in [-0.15, -0.1) is 0 Å². The highest BCUT2D eigenvalue weighted by molar-refractivity contribution is 6.12. The van der Waals surface area contributed by atoms with Gasteiger partial charge in [-0.3, -0.25) is 53.3 Å². The average Bonchev–Trinajstić information content (AvgIpc) is 3.30. The first-order valence-corrected chi connectivity index (χ1v) is 15.4. The highest BCUT2D eigenvalue weighted by Gasteiger charge is 2.25. The molecule has 2 aliphatic rings. The maximum Gasteiger partial charge on any atom is 0.317 e. The fourth-order valence-electron chi connectivity index (χ4n) is 5.66. The van der Waals surface area contributed by atoms with Crippen molar-refractivity contribution in [3.63, 3.8) is 0 Å². The zero-order chi connectivity index (χ0) is 34.3. The molecule has 258 valence electrons. The van der Waals surface area contributed by atoms with Gasteiger partial charge in [-0.05, 0) is 36.5 Å². The van der Waals surface area contributed by atoms with E-state index in [1.54, 1.807) is 31.7 Å². The van der Waals surface area contributed by atoms with Crippen LogP contribution in [0.25, 0.3) is 0 Å². The molecule has 16 nitrogen and oxygen atoms in total. The fourth-order valence-corrected chi connectivity index (χ4v) is 5.66. The van der Waals surface area contributed by atoms with Gasteiger partial charge in [0.05, 0.1) is 32.8 Å². The summed E-state index contributed by atoms with van der Waals surface area (Å²) in [4.78, 5) is 77.9. The van der Waals surface area contributed by atoms with Crippen molar-refractivity contribution in [1.29, 1.82) is 0 Å². The molecule has 0 spiro atoms. The van der Waals surface area contributed by atoms with E-state index in [1.807, 2.05) is 12.1 Å². The Balaban J connectivity index is 1.74. The lowest BCUT2D eigenvalue weighted by atomic mass is 9.97.